The summed E-state index contributed by atoms with van der Waals surface area (Å²) in [4.78, 5) is 0. The maximum atomic E-state index is 3.81. The van der Waals surface area contributed by atoms with E-state index >= 15 is 0 Å². The van der Waals surface area contributed by atoms with Crippen LogP contribution in [0.25, 0.3) is 33.4 Å². The maximum absolute atomic E-state index is 3.81. The molecule has 1 nitrogen and oxygen atoms in total. The van der Waals surface area contributed by atoms with Crippen LogP contribution in [0, 0.1) is 13.8 Å². The minimum atomic E-state index is 1.25. The van der Waals surface area contributed by atoms with Crippen molar-refractivity contribution in [1.29, 1.82) is 0 Å². The molecule has 0 radical (unpaired) electrons. The number of allylic oxidation sites excluding steroid dienone is 2. The van der Waals surface area contributed by atoms with Crippen molar-refractivity contribution in [2.45, 2.75) is 13.8 Å². The van der Waals surface area contributed by atoms with Crippen LogP contribution in [0.3, 0.4) is 0 Å². The molecular formula is C22H19N. The fourth-order valence-corrected chi connectivity index (χ4v) is 3.71. The summed E-state index contributed by atoms with van der Waals surface area (Å²) in [5, 5.41) is 2.60. The van der Waals surface area contributed by atoms with Gasteiger partial charge in [-0.1, -0.05) is 61.2 Å². The Bertz CT molecular complexity index is 1090. The summed E-state index contributed by atoms with van der Waals surface area (Å²) >= 11 is 0. The summed E-state index contributed by atoms with van der Waals surface area (Å²) in [6.07, 6.45) is 6.02. The van der Waals surface area contributed by atoms with Crippen molar-refractivity contribution in [3.8, 4) is 0 Å². The fraction of sp³-hybridized carbons (Fsp3) is 0.0909. The molecule has 0 atom stereocenters. The SMILES string of the molecule is C=C/C=C\c1c(C)c2c(C)c3ccccc3n2c2ccccc12. The molecule has 4 aromatic rings. The minimum Gasteiger partial charge on any atom is -0.309 e. The molecule has 0 amide bonds. The zero-order valence-corrected chi connectivity index (χ0v) is 13.5. The Kier molecular flexibility index (Phi) is 3.09. The number of pyridine rings is 1. The van der Waals surface area contributed by atoms with Gasteiger partial charge in [0.05, 0.1) is 16.6 Å². The molecule has 0 unspecified atom stereocenters. The summed E-state index contributed by atoms with van der Waals surface area (Å²) in [5.74, 6) is 0. The van der Waals surface area contributed by atoms with Gasteiger partial charge in [0.25, 0.3) is 0 Å². The lowest BCUT2D eigenvalue weighted by atomic mass is 10.0. The van der Waals surface area contributed by atoms with Crippen LogP contribution in [0.4, 0.5) is 0 Å². The zero-order chi connectivity index (χ0) is 16.0. The van der Waals surface area contributed by atoms with Gasteiger partial charge in [-0.05, 0) is 42.7 Å². The average molecular weight is 297 g/mol. The van der Waals surface area contributed by atoms with Crippen molar-refractivity contribution in [3.05, 3.63) is 84.0 Å². The first kappa shape index (κ1) is 13.8. The lowest BCUT2D eigenvalue weighted by molar-refractivity contribution is 1.28. The van der Waals surface area contributed by atoms with Crippen molar-refractivity contribution in [2.24, 2.45) is 0 Å². The largest absolute Gasteiger partial charge is 0.309 e. The monoisotopic (exact) mass is 297 g/mol. The second-order valence-corrected chi connectivity index (χ2v) is 5.98. The molecule has 0 saturated carbocycles. The van der Waals surface area contributed by atoms with Crippen LogP contribution in [-0.2, 0) is 0 Å². The quantitative estimate of drug-likeness (QED) is 0.396. The lowest BCUT2D eigenvalue weighted by Crippen LogP contribution is -1.95. The van der Waals surface area contributed by atoms with Crippen LogP contribution in [0.15, 0.2) is 67.3 Å². The predicted molar refractivity (Wildman–Crippen MR) is 101 cm³/mol. The molecule has 0 bridgehead atoms. The molecule has 4 rings (SSSR count). The van der Waals surface area contributed by atoms with Crippen molar-refractivity contribution in [1.82, 2.24) is 4.40 Å². The van der Waals surface area contributed by atoms with E-state index in [0.717, 1.165) is 0 Å². The van der Waals surface area contributed by atoms with Gasteiger partial charge in [-0.15, -0.1) is 0 Å². The van der Waals surface area contributed by atoms with E-state index in [4.69, 9.17) is 0 Å². The van der Waals surface area contributed by atoms with Gasteiger partial charge in [-0.2, -0.15) is 0 Å². The van der Waals surface area contributed by atoms with Crippen molar-refractivity contribution < 1.29 is 0 Å². The summed E-state index contributed by atoms with van der Waals surface area (Å²) in [6, 6.07) is 17.3. The second-order valence-electron chi connectivity index (χ2n) is 5.98. The van der Waals surface area contributed by atoms with E-state index < -0.39 is 0 Å². The Morgan fingerprint density at radius 3 is 2.13 bits per heavy atom. The molecular weight excluding hydrogens is 278 g/mol. The molecule has 112 valence electrons. The van der Waals surface area contributed by atoms with E-state index in [1.165, 1.54) is 44.0 Å². The standard InChI is InChI=1S/C22H19N/c1-4-5-10-17-15(2)22-16(3)18-11-6-8-13-20(18)23(22)21-14-9-7-12-19(17)21/h4-14H,1H2,2-3H3/b10-5-. The minimum absolute atomic E-state index is 1.25. The highest BCUT2D eigenvalue weighted by Crippen LogP contribution is 2.35. The smallest absolute Gasteiger partial charge is 0.0540 e. The Hall–Kier alpha value is -2.80. The van der Waals surface area contributed by atoms with Crippen LogP contribution in [0.2, 0.25) is 0 Å². The van der Waals surface area contributed by atoms with E-state index in [0.29, 0.717) is 0 Å². The summed E-state index contributed by atoms with van der Waals surface area (Å²) in [5.41, 5.74) is 7.78. The summed E-state index contributed by atoms with van der Waals surface area (Å²) in [6.45, 7) is 8.25. The van der Waals surface area contributed by atoms with Gasteiger partial charge in [-0.25, -0.2) is 0 Å². The molecule has 23 heavy (non-hydrogen) atoms. The molecule has 2 aromatic heterocycles. The molecule has 0 aliphatic rings. The Labute approximate surface area is 136 Å². The first-order valence-electron chi connectivity index (χ1n) is 7.94. The number of aromatic nitrogens is 1. The number of para-hydroxylation sites is 2. The van der Waals surface area contributed by atoms with E-state index in [2.05, 4.69) is 79.4 Å². The summed E-state index contributed by atoms with van der Waals surface area (Å²) < 4.78 is 2.40. The topological polar surface area (TPSA) is 4.41 Å². The highest BCUT2D eigenvalue weighted by molar-refractivity contribution is 6.02. The van der Waals surface area contributed by atoms with E-state index in [9.17, 15) is 0 Å². The predicted octanol–water partition coefficient (Wildman–Crippen LogP) is 6.06. The third-order valence-corrected chi connectivity index (χ3v) is 4.72. The van der Waals surface area contributed by atoms with Crippen LogP contribution in [-0.4, -0.2) is 4.40 Å². The first-order chi connectivity index (χ1) is 11.2. The molecule has 0 fully saturated rings. The average Bonchev–Trinajstić information content (AvgIpc) is 2.89. The molecule has 2 aromatic carbocycles. The Morgan fingerprint density at radius 2 is 1.43 bits per heavy atom. The lowest BCUT2D eigenvalue weighted by Gasteiger charge is -2.12. The van der Waals surface area contributed by atoms with Gasteiger partial charge in [0.1, 0.15) is 0 Å². The van der Waals surface area contributed by atoms with Crippen molar-refractivity contribution in [3.63, 3.8) is 0 Å². The number of rotatable bonds is 2. The number of fused-ring (bicyclic) bond motifs is 5. The molecule has 0 saturated heterocycles. The molecule has 0 aliphatic heterocycles. The third-order valence-electron chi connectivity index (χ3n) is 4.72. The van der Waals surface area contributed by atoms with Crippen molar-refractivity contribution in [2.75, 3.05) is 0 Å². The third kappa shape index (κ3) is 1.86. The molecule has 0 aliphatic carbocycles. The molecule has 0 N–H and O–H groups in total. The highest BCUT2D eigenvalue weighted by Gasteiger charge is 2.15. The van der Waals surface area contributed by atoms with Gasteiger partial charge >= 0.3 is 0 Å². The van der Waals surface area contributed by atoms with Gasteiger partial charge in [-0.3, -0.25) is 0 Å². The van der Waals surface area contributed by atoms with E-state index in [1.807, 2.05) is 12.2 Å². The molecule has 0 spiro atoms. The Morgan fingerprint density at radius 1 is 0.826 bits per heavy atom. The van der Waals surface area contributed by atoms with Crippen LogP contribution in [0.1, 0.15) is 16.7 Å². The maximum Gasteiger partial charge on any atom is 0.0540 e. The van der Waals surface area contributed by atoms with Crippen LogP contribution in [0.5, 0.6) is 0 Å². The van der Waals surface area contributed by atoms with E-state index in [1.54, 1.807) is 0 Å². The fourth-order valence-electron chi connectivity index (χ4n) is 3.71. The normalized spacial score (nSPS) is 11.9. The van der Waals surface area contributed by atoms with Gasteiger partial charge in [0.2, 0.25) is 0 Å². The molecule has 1 heteroatoms. The number of aryl methyl sites for hydroxylation is 2. The highest BCUT2D eigenvalue weighted by atomic mass is 14.9. The van der Waals surface area contributed by atoms with Crippen molar-refractivity contribution >= 4 is 33.4 Å². The second kappa shape index (κ2) is 5.13. The van der Waals surface area contributed by atoms with Crippen LogP contribution < -0.4 is 0 Å². The van der Waals surface area contributed by atoms with E-state index in [-0.39, 0.29) is 0 Å². The number of benzene rings is 2. The first-order valence-corrected chi connectivity index (χ1v) is 7.94. The van der Waals surface area contributed by atoms with Gasteiger partial charge in [0, 0.05) is 10.8 Å². The summed E-state index contributed by atoms with van der Waals surface area (Å²) in [7, 11) is 0. The molecule has 2 heterocycles. The van der Waals surface area contributed by atoms with Gasteiger partial charge in [0.15, 0.2) is 0 Å². The number of nitrogens with zero attached hydrogens (tertiary/aromatic N) is 1. The Balaban J connectivity index is 2.35. The number of hydrogen-bond donors (Lipinski definition) is 0. The number of hydrogen-bond acceptors (Lipinski definition) is 0. The van der Waals surface area contributed by atoms with Crippen LogP contribution >= 0.6 is 0 Å². The van der Waals surface area contributed by atoms with Gasteiger partial charge < -0.3 is 4.40 Å². The zero-order valence-electron chi connectivity index (χ0n) is 13.5.